The average Bonchev–Trinajstić information content (AvgIpc) is 3.06. The van der Waals surface area contributed by atoms with E-state index in [1.165, 1.54) is 22.5 Å². The number of aromatic nitrogens is 1. The number of thioether (sulfide) groups is 1. The number of halogens is 1. The summed E-state index contributed by atoms with van der Waals surface area (Å²) in [6.45, 7) is 4.03. The fourth-order valence-corrected chi connectivity index (χ4v) is 5.43. The average molecular weight is 413 g/mol. The second-order valence-electron chi connectivity index (χ2n) is 6.49. The number of ketones is 1. The molecule has 1 atom stereocenters. The molecule has 136 valence electrons. The minimum Gasteiger partial charge on any atom is -0.290 e. The Hall–Kier alpha value is -1.95. The summed E-state index contributed by atoms with van der Waals surface area (Å²) >= 11 is 9.51. The van der Waals surface area contributed by atoms with Crippen molar-refractivity contribution in [1.29, 1.82) is 0 Å². The maximum atomic E-state index is 13.0. The van der Waals surface area contributed by atoms with Crippen LogP contribution in [0.1, 0.15) is 43.7 Å². The molecule has 4 rings (SSSR count). The van der Waals surface area contributed by atoms with Crippen LogP contribution in [0.25, 0.3) is 0 Å². The van der Waals surface area contributed by atoms with Crippen LogP contribution in [0.4, 0.5) is 0 Å². The molecule has 1 aliphatic rings. The van der Waals surface area contributed by atoms with Gasteiger partial charge >= 0.3 is 0 Å². The van der Waals surface area contributed by atoms with Crippen LogP contribution in [-0.4, -0.2) is 17.0 Å². The number of aliphatic imine (C=N–C) groups is 1. The Bertz CT molecular complexity index is 1040. The first-order chi connectivity index (χ1) is 13.0. The Morgan fingerprint density at radius 3 is 2.78 bits per heavy atom. The molecular formula is C21H17ClN2OS2. The third-order valence-corrected chi connectivity index (χ3v) is 6.98. The number of thiazole rings is 1. The molecule has 3 aromatic rings. The largest absolute Gasteiger partial charge is 0.290 e. The Kier molecular flexibility index (Phi) is 5.17. The highest BCUT2D eigenvalue weighted by atomic mass is 35.5. The van der Waals surface area contributed by atoms with Crippen molar-refractivity contribution in [2.75, 3.05) is 0 Å². The minimum absolute atomic E-state index is 0.0812. The first-order valence-corrected chi connectivity index (χ1v) is 10.7. The molecule has 0 amide bonds. The number of benzene rings is 2. The van der Waals surface area contributed by atoms with Crippen molar-refractivity contribution < 1.29 is 4.79 Å². The zero-order valence-corrected chi connectivity index (χ0v) is 17.3. The normalized spacial score (nSPS) is 15.8. The van der Waals surface area contributed by atoms with Crippen molar-refractivity contribution in [3.63, 3.8) is 0 Å². The molecule has 1 aromatic heterocycles. The lowest BCUT2D eigenvalue weighted by Gasteiger charge is -2.17. The van der Waals surface area contributed by atoms with E-state index >= 15 is 0 Å². The zero-order valence-electron chi connectivity index (χ0n) is 14.9. The van der Waals surface area contributed by atoms with Gasteiger partial charge in [0.05, 0.1) is 4.88 Å². The van der Waals surface area contributed by atoms with Crippen molar-refractivity contribution in [2.24, 2.45) is 4.99 Å². The summed E-state index contributed by atoms with van der Waals surface area (Å²) < 4.78 is 0.887. The highest BCUT2D eigenvalue weighted by molar-refractivity contribution is 8.00. The smallest absolute Gasteiger partial charge is 0.211 e. The minimum atomic E-state index is -0.608. The predicted octanol–water partition coefficient (Wildman–Crippen LogP) is 6.06. The van der Waals surface area contributed by atoms with E-state index in [1.54, 1.807) is 24.0 Å². The first kappa shape index (κ1) is 18.4. The van der Waals surface area contributed by atoms with Gasteiger partial charge in [-0.05, 0) is 31.0 Å². The molecule has 1 unspecified atom stereocenters. The van der Waals surface area contributed by atoms with Gasteiger partial charge in [-0.15, -0.1) is 11.3 Å². The second kappa shape index (κ2) is 7.58. The van der Waals surface area contributed by atoms with Crippen molar-refractivity contribution in [1.82, 2.24) is 4.98 Å². The summed E-state index contributed by atoms with van der Waals surface area (Å²) in [5.41, 5.74) is 4.73. The molecule has 0 spiro atoms. The van der Waals surface area contributed by atoms with Crippen LogP contribution < -0.4 is 0 Å². The molecule has 0 bridgehead atoms. The molecule has 6 heteroatoms. The molecule has 0 radical (unpaired) electrons. The summed E-state index contributed by atoms with van der Waals surface area (Å²) in [4.78, 5) is 22.9. The maximum absolute atomic E-state index is 13.0. The molecule has 27 heavy (non-hydrogen) atoms. The van der Waals surface area contributed by atoms with Crippen molar-refractivity contribution in [3.05, 3.63) is 80.3 Å². The lowest BCUT2D eigenvalue weighted by molar-refractivity contribution is 0.0955. The van der Waals surface area contributed by atoms with Gasteiger partial charge in [0, 0.05) is 22.6 Å². The quantitative estimate of drug-likeness (QED) is 0.489. The Morgan fingerprint density at radius 1 is 1.19 bits per heavy atom. The molecule has 1 aliphatic heterocycles. The van der Waals surface area contributed by atoms with E-state index in [0.29, 0.717) is 10.7 Å². The lowest BCUT2D eigenvalue weighted by atomic mass is 9.95. The predicted molar refractivity (Wildman–Crippen MR) is 114 cm³/mol. The second-order valence-corrected chi connectivity index (χ2v) is 9.15. The summed E-state index contributed by atoms with van der Waals surface area (Å²) in [7, 11) is 0. The number of hydrogen-bond acceptors (Lipinski definition) is 5. The third kappa shape index (κ3) is 3.72. The van der Waals surface area contributed by atoms with Gasteiger partial charge in [-0.3, -0.25) is 9.79 Å². The number of rotatable bonds is 4. The van der Waals surface area contributed by atoms with Crippen molar-refractivity contribution >= 4 is 46.7 Å². The first-order valence-electron chi connectivity index (χ1n) is 8.54. The van der Waals surface area contributed by atoms with Gasteiger partial charge in [-0.1, -0.05) is 65.3 Å². The molecule has 0 fully saturated rings. The van der Waals surface area contributed by atoms with E-state index in [9.17, 15) is 4.79 Å². The number of nitrogens with zero attached hydrogens (tertiary/aromatic N) is 2. The SMILES string of the molecule is Cc1cccc(CSc2nc3c(s2)C=NC(c2c(C)cccc2Cl)C3=O)c1. The summed E-state index contributed by atoms with van der Waals surface area (Å²) in [6, 6.07) is 13.4. The summed E-state index contributed by atoms with van der Waals surface area (Å²) in [5.74, 6) is 0.745. The summed E-state index contributed by atoms with van der Waals surface area (Å²) in [5, 5.41) is 0.568. The van der Waals surface area contributed by atoms with Crippen LogP contribution in [0, 0.1) is 13.8 Å². The molecule has 0 N–H and O–H groups in total. The van der Waals surface area contributed by atoms with E-state index in [4.69, 9.17) is 11.6 Å². The van der Waals surface area contributed by atoms with Gasteiger partial charge in [0.1, 0.15) is 11.7 Å². The molecule has 3 nitrogen and oxygen atoms in total. The topological polar surface area (TPSA) is 42.3 Å². The molecule has 0 aliphatic carbocycles. The van der Waals surface area contributed by atoms with E-state index < -0.39 is 6.04 Å². The van der Waals surface area contributed by atoms with Crippen LogP contribution in [0.15, 0.2) is 51.8 Å². The highest BCUT2D eigenvalue weighted by Gasteiger charge is 2.32. The van der Waals surface area contributed by atoms with Crippen LogP contribution in [0.5, 0.6) is 0 Å². The summed E-state index contributed by atoms with van der Waals surface area (Å²) in [6.07, 6.45) is 1.76. The number of aryl methyl sites for hydroxylation is 2. The maximum Gasteiger partial charge on any atom is 0.211 e. The highest BCUT2D eigenvalue weighted by Crippen LogP contribution is 2.37. The Morgan fingerprint density at radius 2 is 2.00 bits per heavy atom. The van der Waals surface area contributed by atoms with E-state index in [-0.39, 0.29) is 5.78 Å². The van der Waals surface area contributed by atoms with Crippen LogP contribution in [0.2, 0.25) is 5.02 Å². The number of carbonyl (C=O) groups excluding carboxylic acids is 1. The third-order valence-electron chi connectivity index (χ3n) is 4.45. The van der Waals surface area contributed by atoms with Crippen LogP contribution >= 0.6 is 34.7 Å². The molecule has 2 aromatic carbocycles. The molecular weight excluding hydrogens is 396 g/mol. The molecule has 2 heterocycles. The molecule has 0 saturated heterocycles. The number of Topliss-reactive ketones (excluding diaryl/α,β-unsaturated/α-hetero) is 1. The van der Waals surface area contributed by atoms with Crippen LogP contribution in [-0.2, 0) is 5.75 Å². The van der Waals surface area contributed by atoms with Gasteiger partial charge in [0.25, 0.3) is 0 Å². The van der Waals surface area contributed by atoms with Crippen LogP contribution in [0.3, 0.4) is 0 Å². The van der Waals surface area contributed by atoms with Gasteiger partial charge in [-0.2, -0.15) is 0 Å². The Balaban J connectivity index is 1.57. The van der Waals surface area contributed by atoms with Gasteiger partial charge < -0.3 is 0 Å². The number of carbonyl (C=O) groups is 1. The number of hydrogen-bond donors (Lipinski definition) is 0. The molecule has 0 saturated carbocycles. The monoisotopic (exact) mass is 412 g/mol. The Labute approximate surface area is 171 Å². The van der Waals surface area contributed by atoms with E-state index in [2.05, 4.69) is 41.2 Å². The lowest BCUT2D eigenvalue weighted by Crippen LogP contribution is -2.18. The zero-order chi connectivity index (χ0) is 19.0. The fraction of sp³-hybridized carbons (Fsp3) is 0.190. The van der Waals surface area contributed by atoms with Gasteiger partial charge in [-0.25, -0.2) is 4.98 Å². The number of fused-ring (bicyclic) bond motifs is 1. The van der Waals surface area contributed by atoms with Crippen molar-refractivity contribution in [3.8, 4) is 0 Å². The fourth-order valence-electron chi connectivity index (χ4n) is 3.12. The standard InChI is InChI=1S/C21H17ClN2OS2/c1-12-5-3-7-14(9-12)11-26-21-24-18-16(27-21)10-23-19(20(18)25)17-13(2)6-4-8-15(17)22/h3-10,19H,11H2,1-2H3. The van der Waals surface area contributed by atoms with E-state index in [1.807, 2.05) is 19.1 Å². The van der Waals surface area contributed by atoms with E-state index in [0.717, 1.165) is 26.1 Å². The van der Waals surface area contributed by atoms with Crippen molar-refractivity contribution in [2.45, 2.75) is 30.0 Å². The van der Waals surface area contributed by atoms with Gasteiger partial charge in [0.15, 0.2) is 4.34 Å². The van der Waals surface area contributed by atoms with Gasteiger partial charge in [0.2, 0.25) is 5.78 Å².